The standard InChI is InChI=1S/C17H24F3N/c1-2-10-21-16(11-13-4-3-5-13)12-14-6-8-15(9-7-14)17(18,19)20/h6-9,13,16,21H,2-5,10-12H2,1H3. The Morgan fingerprint density at radius 2 is 1.86 bits per heavy atom. The van der Waals surface area contributed by atoms with Gasteiger partial charge in [-0.3, -0.25) is 0 Å². The lowest BCUT2D eigenvalue weighted by molar-refractivity contribution is -0.137. The molecule has 0 amide bonds. The molecule has 0 radical (unpaired) electrons. The average Bonchev–Trinajstić information content (AvgIpc) is 2.39. The predicted octanol–water partition coefficient (Wildman–Crippen LogP) is 4.81. The highest BCUT2D eigenvalue weighted by molar-refractivity contribution is 5.25. The van der Waals surface area contributed by atoms with Crippen molar-refractivity contribution in [2.45, 2.75) is 57.7 Å². The molecule has 118 valence electrons. The average molecular weight is 299 g/mol. The summed E-state index contributed by atoms with van der Waals surface area (Å²) in [5.74, 6) is 0.800. The van der Waals surface area contributed by atoms with E-state index in [-0.39, 0.29) is 0 Å². The van der Waals surface area contributed by atoms with Crippen LogP contribution in [0.3, 0.4) is 0 Å². The van der Waals surface area contributed by atoms with E-state index in [2.05, 4.69) is 12.2 Å². The van der Waals surface area contributed by atoms with E-state index in [4.69, 9.17) is 0 Å². The Labute approximate surface area is 124 Å². The largest absolute Gasteiger partial charge is 0.416 e. The summed E-state index contributed by atoms with van der Waals surface area (Å²) >= 11 is 0. The molecule has 0 spiro atoms. The highest BCUT2D eigenvalue weighted by Crippen LogP contribution is 2.32. The van der Waals surface area contributed by atoms with E-state index in [0.29, 0.717) is 6.04 Å². The van der Waals surface area contributed by atoms with E-state index in [1.165, 1.54) is 31.4 Å². The lowest BCUT2D eigenvalue weighted by atomic mass is 9.80. The molecule has 0 bridgehead atoms. The molecule has 0 aliphatic heterocycles. The Morgan fingerprint density at radius 3 is 2.33 bits per heavy atom. The van der Waals surface area contributed by atoms with E-state index in [1.54, 1.807) is 12.1 Å². The number of hydrogen-bond donors (Lipinski definition) is 1. The summed E-state index contributed by atoms with van der Waals surface area (Å²) < 4.78 is 37.7. The summed E-state index contributed by atoms with van der Waals surface area (Å²) in [4.78, 5) is 0. The molecule has 1 aliphatic carbocycles. The molecule has 1 aromatic rings. The van der Waals surface area contributed by atoms with Gasteiger partial charge < -0.3 is 5.32 Å². The minimum absolute atomic E-state index is 0.381. The second-order valence-corrected chi connectivity index (χ2v) is 6.08. The monoisotopic (exact) mass is 299 g/mol. The zero-order chi connectivity index (χ0) is 15.3. The first-order chi connectivity index (χ1) is 9.99. The molecule has 1 N–H and O–H groups in total. The van der Waals surface area contributed by atoms with Crippen LogP contribution in [0.25, 0.3) is 0 Å². The van der Waals surface area contributed by atoms with Crippen molar-refractivity contribution >= 4 is 0 Å². The summed E-state index contributed by atoms with van der Waals surface area (Å²) in [5.41, 5.74) is 0.416. The molecule has 0 aromatic heterocycles. The lowest BCUT2D eigenvalue weighted by Gasteiger charge is -2.30. The maximum Gasteiger partial charge on any atom is 0.416 e. The Balaban J connectivity index is 1.94. The minimum Gasteiger partial charge on any atom is -0.314 e. The van der Waals surface area contributed by atoms with Gasteiger partial charge in [0.05, 0.1) is 5.56 Å². The molecule has 1 aromatic carbocycles. The smallest absolute Gasteiger partial charge is 0.314 e. The van der Waals surface area contributed by atoms with Crippen molar-refractivity contribution in [3.8, 4) is 0 Å². The molecule has 2 rings (SSSR count). The summed E-state index contributed by atoms with van der Waals surface area (Å²) in [7, 11) is 0. The number of benzene rings is 1. The van der Waals surface area contributed by atoms with E-state index in [9.17, 15) is 13.2 Å². The SMILES string of the molecule is CCCNC(Cc1ccc(C(F)(F)F)cc1)CC1CCC1. The second-order valence-electron chi connectivity index (χ2n) is 6.08. The summed E-state index contributed by atoms with van der Waals surface area (Å²) in [5, 5.41) is 3.54. The quantitative estimate of drug-likeness (QED) is 0.762. The molecule has 1 nitrogen and oxygen atoms in total. The fourth-order valence-corrected chi connectivity index (χ4v) is 2.83. The van der Waals surface area contributed by atoms with Crippen LogP contribution in [0.2, 0.25) is 0 Å². The van der Waals surface area contributed by atoms with Crippen molar-refractivity contribution in [3.63, 3.8) is 0 Å². The van der Waals surface area contributed by atoms with Gasteiger partial charge in [0, 0.05) is 6.04 Å². The maximum absolute atomic E-state index is 12.6. The highest BCUT2D eigenvalue weighted by Gasteiger charge is 2.30. The third-order valence-electron chi connectivity index (χ3n) is 4.29. The first-order valence-electron chi connectivity index (χ1n) is 7.88. The van der Waals surface area contributed by atoms with Gasteiger partial charge in [0.2, 0.25) is 0 Å². The van der Waals surface area contributed by atoms with Gasteiger partial charge in [-0.25, -0.2) is 0 Å². The van der Waals surface area contributed by atoms with Gasteiger partial charge in [0.25, 0.3) is 0 Å². The molecule has 1 fully saturated rings. The van der Waals surface area contributed by atoms with Crippen LogP contribution in [0.5, 0.6) is 0 Å². The van der Waals surface area contributed by atoms with Gasteiger partial charge in [-0.15, -0.1) is 0 Å². The molecular weight excluding hydrogens is 275 g/mol. The predicted molar refractivity (Wildman–Crippen MR) is 79.2 cm³/mol. The molecular formula is C17H24F3N. The number of hydrogen-bond acceptors (Lipinski definition) is 1. The molecule has 1 saturated carbocycles. The first-order valence-corrected chi connectivity index (χ1v) is 7.88. The first kappa shape index (κ1) is 16.3. The summed E-state index contributed by atoms with van der Waals surface area (Å²) in [6.07, 6.45) is 2.72. The van der Waals surface area contributed by atoms with Crippen molar-refractivity contribution in [2.75, 3.05) is 6.54 Å². The van der Waals surface area contributed by atoms with Crippen molar-refractivity contribution in [1.29, 1.82) is 0 Å². The fraction of sp³-hybridized carbons (Fsp3) is 0.647. The van der Waals surface area contributed by atoms with Crippen LogP contribution in [0.15, 0.2) is 24.3 Å². The van der Waals surface area contributed by atoms with Gasteiger partial charge in [-0.1, -0.05) is 38.3 Å². The molecule has 4 heteroatoms. The second kappa shape index (κ2) is 7.30. The van der Waals surface area contributed by atoms with Crippen molar-refractivity contribution in [2.24, 2.45) is 5.92 Å². The van der Waals surface area contributed by atoms with Crippen LogP contribution in [-0.2, 0) is 12.6 Å². The molecule has 1 atom stereocenters. The Kier molecular flexibility index (Phi) is 5.68. The zero-order valence-corrected chi connectivity index (χ0v) is 12.5. The topological polar surface area (TPSA) is 12.0 Å². The van der Waals surface area contributed by atoms with E-state index >= 15 is 0 Å². The van der Waals surface area contributed by atoms with Gasteiger partial charge in [-0.2, -0.15) is 13.2 Å². The number of rotatable bonds is 7. The van der Waals surface area contributed by atoms with Crippen molar-refractivity contribution < 1.29 is 13.2 Å². The van der Waals surface area contributed by atoms with Crippen LogP contribution < -0.4 is 5.32 Å². The van der Waals surface area contributed by atoms with Gasteiger partial charge in [-0.05, 0) is 49.4 Å². The number of halogens is 3. The van der Waals surface area contributed by atoms with Crippen molar-refractivity contribution in [1.82, 2.24) is 5.32 Å². The van der Waals surface area contributed by atoms with E-state index < -0.39 is 11.7 Å². The van der Waals surface area contributed by atoms with Gasteiger partial charge >= 0.3 is 6.18 Å². The molecule has 0 saturated heterocycles. The van der Waals surface area contributed by atoms with Crippen LogP contribution in [-0.4, -0.2) is 12.6 Å². The molecule has 1 aliphatic rings. The number of alkyl halides is 3. The Hall–Kier alpha value is -1.03. The third-order valence-corrected chi connectivity index (χ3v) is 4.29. The third kappa shape index (κ3) is 5.03. The highest BCUT2D eigenvalue weighted by atomic mass is 19.4. The summed E-state index contributed by atoms with van der Waals surface area (Å²) in [6.45, 7) is 3.10. The van der Waals surface area contributed by atoms with Crippen LogP contribution >= 0.6 is 0 Å². The van der Waals surface area contributed by atoms with E-state index in [0.717, 1.165) is 37.3 Å². The zero-order valence-electron chi connectivity index (χ0n) is 12.5. The molecule has 1 unspecified atom stereocenters. The normalized spacial score (nSPS) is 17.5. The van der Waals surface area contributed by atoms with Crippen LogP contribution in [0, 0.1) is 5.92 Å². The fourth-order valence-electron chi connectivity index (χ4n) is 2.83. The minimum atomic E-state index is -4.25. The lowest BCUT2D eigenvalue weighted by Crippen LogP contribution is -2.35. The van der Waals surface area contributed by atoms with E-state index in [1.807, 2.05) is 0 Å². The van der Waals surface area contributed by atoms with Gasteiger partial charge in [0.1, 0.15) is 0 Å². The van der Waals surface area contributed by atoms with Crippen LogP contribution in [0.1, 0.15) is 50.2 Å². The maximum atomic E-state index is 12.6. The Morgan fingerprint density at radius 1 is 1.19 bits per heavy atom. The Bertz CT molecular complexity index is 421. The summed E-state index contributed by atoms with van der Waals surface area (Å²) in [6, 6.07) is 5.99. The van der Waals surface area contributed by atoms with Gasteiger partial charge in [0.15, 0.2) is 0 Å². The van der Waals surface area contributed by atoms with Crippen LogP contribution in [0.4, 0.5) is 13.2 Å². The van der Waals surface area contributed by atoms with Crippen molar-refractivity contribution in [3.05, 3.63) is 35.4 Å². The molecule has 0 heterocycles. The molecule has 21 heavy (non-hydrogen) atoms. The number of nitrogens with one attached hydrogen (secondary N) is 1.